The van der Waals surface area contributed by atoms with E-state index >= 15 is 0 Å². The van der Waals surface area contributed by atoms with E-state index in [-0.39, 0.29) is 24.4 Å². The van der Waals surface area contributed by atoms with Gasteiger partial charge in [0.25, 0.3) is 0 Å². The van der Waals surface area contributed by atoms with Gasteiger partial charge in [0.1, 0.15) is 0 Å². The summed E-state index contributed by atoms with van der Waals surface area (Å²) in [5.74, 6) is -0.556. The summed E-state index contributed by atoms with van der Waals surface area (Å²) in [5, 5.41) is 0. The SMILES string of the molecule is NCc1ccccc1S(=O)(=O)NCCC(N)=O. The summed E-state index contributed by atoms with van der Waals surface area (Å²) in [6.07, 6.45) is -0.0377. The molecular formula is C10H15N3O3S. The Kier molecular flexibility index (Phi) is 4.62. The molecule has 6 nitrogen and oxygen atoms in total. The largest absolute Gasteiger partial charge is 0.370 e. The van der Waals surface area contributed by atoms with Gasteiger partial charge in [0, 0.05) is 19.5 Å². The molecule has 0 aliphatic heterocycles. The Morgan fingerprint density at radius 1 is 1.29 bits per heavy atom. The first-order chi connectivity index (χ1) is 7.97. The summed E-state index contributed by atoms with van der Waals surface area (Å²) in [5.41, 5.74) is 10.9. The molecule has 1 amide bonds. The molecule has 0 heterocycles. The normalized spacial score (nSPS) is 11.4. The number of hydrogen-bond donors (Lipinski definition) is 3. The number of carbonyl (C=O) groups is 1. The molecule has 0 saturated heterocycles. The van der Waals surface area contributed by atoms with Gasteiger partial charge < -0.3 is 11.5 Å². The number of carbonyl (C=O) groups excluding carboxylic acids is 1. The van der Waals surface area contributed by atoms with Gasteiger partial charge >= 0.3 is 0 Å². The summed E-state index contributed by atoms with van der Waals surface area (Å²) in [6.45, 7) is 0.115. The van der Waals surface area contributed by atoms with Crippen LogP contribution in [-0.4, -0.2) is 20.9 Å². The van der Waals surface area contributed by atoms with E-state index in [0.717, 1.165) is 0 Å². The van der Waals surface area contributed by atoms with E-state index in [4.69, 9.17) is 11.5 Å². The van der Waals surface area contributed by atoms with Crippen LogP contribution in [0.3, 0.4) is 0 Å². The van der Waals surface area contributed by atoms with Crippen LogP contribution in [0.5, 0.6) is 0 Å². The lowest BCUT2D eigenvalue weighted by Gasteiger charge is -2.09. The second-order valence-corrected chi connectivity index (χ2v) is 5.16. The van der Waals surface area contributed by atoms with Crippen molar-refractivity contribution in [2.45, 2.75) is 17.9 Å². The Morgan fingerprint density at radius 3 is 2.53 bits per heavy atom. The third-order valence-electron chi connectivity index (χ3n) is 2.15. The number of rotatable bonds is 6. The van der Waals surface area contributed by atoms with Crippen LogP contribution in [0.2, 0.25) is 0 Å². The van der Waals surface area contributed by atoms with E-state index in [0.29, 0.717) is 5.56 Å². The molecule has 94 valence electrons. The highest BCUT2D eigenvalue weighted by atomic mass is 32.2. The lowest BCUT2D eigenvalue weighted by atomic mass is 10.2. The first-order valence-corrected chi connectivity index (χ1v) is 6.51. The first kappa shape index (κ1) is 13.6. The van der Waals surface area contributed by atoms with Gasteiger partial charge in [0.2, 0.25) is 15.9 Å². The van der Waals surface area contributed by atoms with E-state index < -0.39 is 15.9 Å². The Bertz CT molecular complexity index is 499. The van der Waals surface area contributed by atoms with Crippen LogP contribution in [0.15, 0.2) is 29.2 Å². The van der Waals surface area contributed by atoms with E-state index in [9.17, 15) is 13.2 Å². The van der Waals surface area contributed by atoms with Crippen molar-refractivity contribution in [2.24, 2.45) is 11.5 Å². The van der Waals surface area contributed by atoms with Gasteiger partial charge in [-0.15, -0.1) is 0 Å². The van der Waals surface area contributed by atoms with Crippen molar-refractivity contribution < 1.29 is 13.2 Å². The fourth-order valence-electron chi connectivity index (χ4n) is 1.32. The van der Waals surface area contributed by atoms with E-state index in [1.165, 1.54) is 6.07 Å². The zero-order valence-electron chi connectivity index (χ0n) is 9.22. The molecule has 7 heteroatoms. The zero-order chi connectivity index (χ0) is 12.9. The Morgan fingerprint density at radius 2 is 1.94 bits per heavy atom. The van der Waals surface area contributed by atoms with Gasteiger partial charge in [-0.2, -0.15) is 0 Å². The molecule has 0 bridgehead atoms. The van der Waals surface area contributed by atoms with Crippen LogP contribution < -0.4 is 16.2 Å². The average molecular weight is 257 g/mol. The zero-order valence-corrected chi connectivity index (χ0v) is 10.0. The molecule has 0 atom stereocenters. The van der Waals surface area contributed by atoms with Crippen molar-refractivity contribution in [1.82, 2.24) is 4.72 Å². The molecule has 17 heavy (non-hydrogen) atoms. The molecule has 0 unspecified atom stereocenters. The van der Waals surface area contributed by atoms with Crippen molar-refractivity contribution in [3.63, 3.8) is 0 Å². The smallest absolute Gasteiger partial charge is 0.240 e. The predicted octanol–water partition coefficient (Wildman–Crippen LogP) is -0.701. The van der Waals surface area contributed by atoms with Gasteiger partial charge in [-0.3, -0.25) is 4.79 Å². The van der Waals surface area contributed by atoms with Gasteiger partial charge in [-0.1, -0.05) is 18.2 Å². The highest BCUT2D eigenvalue weighted by molar-refractivity contribution is 7.89. The van der Waals surface area contributed by atoms with Crippen LogP contribution in [-0.2, 0) is 21.4 Å². The van der Waals surface area contributed by atoms with Crippen LogP contribution in [0.1, 0.15) is 12.0 Å². The van der Waals surface area contributed by atoms with Crippen molar-refractivity contribution in [3.05, 3.63) is 29.8 Å². The first-order valence-electron chi connectivity index (χ1n) is 5.03. The van der Waals surface area contributed by atoms with Crippen molar-refractivity contribution in [3.8, 4) is 0 Å². The fraction of sp³-hybridized carbons (Fsp3) is 0.300. The number of benzene rings is 1. The average Bonchev–Trinajstić information content (AvgIpc) is 2.28. The van der Waals surface area contributed by atoms with Crippen molar-refractivity contribution in [1.29, 1.82) is 0 Å². The predicted molar refractivity (Wildman–Crippen MR) is 63.3 cm³/mol. The Balaban J connectivity index is 2.86. The lowest BCUT2D eigenvalue weighted by Crippen LogP contribution is -2.29. The van der Waals surface area contributed by atoms with Gasteiger partial charge in [-0.25, -0.2) is 13.1 Å². The van der Waals surface area contributed by atoms with E-state index in [1.807, 2.05) is 0 Å². The second kappa shape index (κ2) is 5.76. The summed E-state index contributed by atoms with van der Waals surface area (Å²) < 4.78 is 26.0. The number of hydrogen-bond acceptors (Lipinski definition) is 4. The van der Waals surface area contributed by atoms with Crippen molar-refractivity contribution in [2.75, 3.05) is 6.54 Å². The number of primary amides is 1. The minimum atomic E-state index is -3.64. The third kappa shape index (κ3) is 3.81. The van der Waals surface area contributed by atoms with Crippen LogP contribution in [0.4, 0.5) is 0 Å². The number of nitrogens with two attached hydrogens (primary N) is 2. The summed E-state index contributed by atoms with van der Waals surface area (Å²) in [7, 11) is -3.64. The minimum absolute atomic E-state index is 0.0173. The number of amides is 1. The molecule has 0 radical (unpaired) electrons. The minimum Gasteiger partial charge on any atom is -0.370 e. The topological polar surface area (TPSA) is 115 Å². The Labute approximate surface area is 100 Å². The van der Waals surface area contributed by atoms with Crippen LogP contribution in [0, 0.1) is 0 Å². The van der Waals surface area contributed by atoms with Crippen LogP contribution >= 0.6 is 0 Å². The number of nitrogens with one attached hydrogen (secondary N) is 1. The monoisotopic (exact) mass is 257 g/mol. The second-order valence-electron chi connectivity index (χ2n) is 3.43. The standard InChI is InChI=1S/C10H15N3O3S/c11-7-8-3-1-2-4-9(8)17(15,16)13-6-5-10(12)14/h1-4,13H,5-7,11H2,(H2,12,14). The fourth-order valence-corrected chi connectivity index (χ4v) is 2.60. The molecule has 0 fully saturated rings. The van der Waals surface area contributed by atoms with Gasteiger partial charge in [0.15, 0.2) is 0 Å². The molecule has 0 aromatic heterocycles. The maximum atomic E-state index is 11.9. The highest BCUT2D eigenvalue weighted by Crippen LogP contribution is 2.14. The Hall–Kier alpha value is -1.44. The molecule has 0 saturated carbocycles. The summed E-state index contributed by atoms with van der Waals surface area (Å²) in [6, 6.07) is 6.43. The molecule has 5 N–H and O–H groups in total. The molecule has 0 aliphatic rings. The molecule has 1 rings (SSSR count). The lowest BCUT2D eigenvalue weighted by molar-refractivity contribution is -0.117. The van der Waals surface area contributed by atoms with Gasteiger partial charge in [0.05, 0.1) is 4.90 Å². The maximum absolute atomic E-state index is 11.9. The third-order valence-corrected chi connectivity index (χ3v) is 3.71. The summed E-state index contributed by atoms with van der Waals surface area (Å²) in [4.78, 5) is 10.6. The summed E-state index contributed by atoms with van der Waals surface area (Å²) >= 11 is 0. The molecule has 0 aliphatic carbocycles. The maximum Gasteiger partial charge on any atom is 0.240 e. The molecule has 0 spiro atoms. The van der Waals surface area contributed by atoms with E-state index in [1.54, 1.807) is 18.2 Å². The molecular weight excluding hydrogens is 242 g/mol. The molecule has 1 aromatic rings. The van der Waals surface area contributed by atoms with Crippen molar-refractivity contribution >= 4 is 15.9 Å². The highest BCUT2D eigenvalue weighted by Gasteiger charge is 2.16. The number of sulfonamides is 1. The molecule has 1 aromatic carbocycles. The van der Waals surface area contributed by atoms with Crippen LogP contribution in [0.25, 0.3) is 0 Å². The van der Waals surface area contributed by atoms with E-state index in [2.05, 4.69) is 4.72 Å². The van der Waals surface area contributed by atoms with Gasteiger partial charge in [-0.05, 0) is 11.6 Å². The quantitative estimate of drug-likeness (QED) is 0.625.